The molecule has 124 valence electrons. The number of fused-ring (bicyclic) bond motifs is 1. The van der Waals surface area contributed by atoms with Crippen molar-refractivity contribution in [3.63, 3.8) is 0 Å². The highest BCUT2D eigenvalue weighted by atomic mass is 35.5. The molecule has 3 rings (SSSR count). The Morgan fingerprint density at radius 3 is 2.65 bits per heavy atom. The summed E-state index contributed by atoms with van der Waals surface area (Å²) in [5.74, 6) is 0.177. The van der Waals surface area contributed by atoms with E-state index >= 15 is 0 Å². The molecule has 1 aliphatic heterocycles. The van der Waals surface area contributed by atoms with Crippen molar-refractivity contribution in [1.29, 1.82) is 0 Å². The summed E-state index contributed by atoms with van der Waals surface area (Å²) in [6.07, 6.45) is 3.39. The van der Waals surface area contributed by atoms with E-state index in [1.165, 1.54) is 23.8 Å². The van der Waals surface area contributed by atoms with Crippen molar-refractivity contribution in [2.24, 2.45) is 0 Å². The summed E-state index contributed by atoms with van der Waals surface area (Å²) in [4.78, 5) is 14.9. The number of carbonyl (C=O) groups excluding carboxylic acids is 1. The monoisotopic (exact) mass is 332 g/mol. The molecule has 0 aliphatic carbocycles. The molecule has 2 aromatic carbocycles. The number of benzene rings is 2. The third-order valence-electron chi connectivity index (χ3n) is 4.38. The van der Waals surface area contributed by atoms with E-state index in [1.54, 1.807) is 0 Å². The SMILES string of the molecule is CCCCc1cc(C(=O)N2CCNCC2)c2ccccc2c1.Cl. The summed E-state index contributed by atoms with van der Waals surface area (Å²) in [5.41, 5.74) is 2.14. The van der Waals surface area contributed by atoms with Crippen LogP contribution in [0.25, 0.3) is 10.8 Å². The van der Waals surface area contributed by atoms with Crippen LogP contribution in [0.1, 0.15) is 35.7 Å². The fourth-order valence-corrected chi connectivity index (χ4v) is 3.11. The van der Waals surface area contributed by atoms with Gasteiger partial charge in [0.2, 0.25) is 0 Å². The summed E-state index contributed by atoms with van der Waals surface area (Å²) >= 11 is 0. The molecule has 2 aromatic rings. The van der Waals surface area contributed by atoms with Gasteiger partial charge in [-0.15, -0.1) is 12.4 Å². The maximum absolute atomic E-state index is 12.9. The lowest BCUT2D eigenvalue weighted by Gasteiger charge is -2.28. The number of nitrogens with zero attached hydrogens (tertiary/aromatic N) is 1. The molecule has 1 saturated heterocycles. The molecule has 4 heteroatoms. The number of hydrogen-bond acceptors (Lipinski definition) is 2. The van der Waals surface area contributed by atoms with Crippen LogP contribution in [-0.2, 0) is 6.42 Å². The van der Waals surface area contributed by atoms with Crippen molar-refractivity contribution in [3.05, 3.63) is 47.5 Å². The van der Waals surface area contributed by atoms with Crippen LogP contribution in [0.3, 0.4) is 0 Å². The average molecular weight is 333 g/mol. The molecule has 1 amide bonds. The molecule has 1 N–H and O–H groups in total. The summed E-state index contributed by atoms with van der Waals surface area (Å²) in [7, 11) is 0. The van der Waals surface area contributed by atoms with E-state index in [0.717, 1.165) is 43.5 Å². The van der Waals surface area contributed by atoms with Crippen molar-refractivity contribution in [2.75, 3.05) is 26.2 Å². The molecule has 23 heavy (non-hydrogen) atoms. The number of carbonyl (C=O) groups is 1. The number of piperazine rings is 1. The maximum atomic E-state index is 12.9. The minimum atomic E-state index is 0. The van der Waals surface area contributed by atoms with Crippen molar-refractivity contribution in [3.8, 4) is 0 Å². The highest BCUT2D eigenvalue weighted by molar-refractivity contribution is 6.07. The normalized spacial score (nSPS) is 14.6. The highest BCUT2D eigenvalue weighted by Gasteiger charge is 2.20. The molecule has 1 fully saturated rings. The van der Waals surface area contributed by atoms with Gasteiger partial charge >= 0.3 is 0 Å². The molecular formula is C19H25ClN2O. The summed E-state index contributed by atoms with van der Waals surface area (Å²) in [5, 5.41) is 5.55. The van der Waals surface area contributed by atoms with Crippen LogP contribution in [0.2, 0.25) is 0 Å². The molecule has 0 aromatic heterocycles. The molecule has 0 bridgehead atoms. The number of aryl methyl sites for hydroxylation is 1. The van der Waals surface area contributed by atoms with E-state index in [-0.39, 0.29) is 18.3 Å². The van der Waals surface area contributed by atoms with Gasteiger partial charge < -0.3 is 10.2 Å². The van der Waals surface area contributed by atoms with Crippen LogP contribution in [-0.4, -0.2) is 37.0 Å². The Balaban J connectivity index is 0.00000192. The van der Waals surface area contributed by atoms with Crippen molar-refractivity contribution >= 4 is 29.1 Å². The molecule has 0 saturated carbocycles. The fraction of sp³-hybridized carbons (Fsp3) is 0.421. The Hall–Kier alpha value is -1.58. The van der Waals surface area contributed by atoms with Gasteiger partial charge in [-0.1, -0.05) is 43.7 Å². The molecular weight excluding hydrogens is 308 g/mol. The largest absolute Gasteiger partial charge is 0.336 e. The first-order valence-corrected chi connectivity index (χ1v) is 8.31. The average Bonchev–Trinajstić information content (AvgIpc) is 2.59. The van der Waals surface area contributed by atoms with Crippen LogP contribution >= 0.6 is 12.4 Å². The fourth-order valence-electron chi connectivity index (χ4n) is 3.11. The molecule has 0 unspecified atom stereocenters. The van der Waals surface area contributed by atoms with Gasteiger partial charge in [0.05, 0.1) is 0 Å². The van der Waals surface area contributed by atoms with E-state index < -0.39 is 0 Å². The van der Waals surface area contributed by atoms with Crippen molar-refractivity contribution < 1.29 is 4.79 Å². The van der Waals surface area contributed by atoms with Gasteiger partial charge in [-0.05, 0) is 35.2 Å². The Kier molecular flexibility index (Phi) is 6.43. The standard InChI is InChI=1S/C19H24N2O.ClH/c1-2-3-6-15-13-16-7-4-5-8-17(16)18(14-15)19(22)21-11-9-20-10-12-21;/h4-5,7-8,13-14,20H,2-3,6,9-12H2,1H3;1H. The predicted octanol–water partition coefficient (Wildman–Crippen LogP) is 3.65. The first-order chi connectivity index (χ1) is 10.8. The van der Waals surface area contributed by atoms with Gasteiger partial charge in [-0.3, -0.25) is 4.79 Å². The highest BCUT2D eigenvalue weighted by Crippen LogP contribution is 2.24. The molecule has 0 radical (unpaired) electrons. The third kappa shape index (κ3) is 4.04. The van der Waals surface area contributed by atoms with Crippen LogP contribution in [0, 0.1) is 0 Å². The Bertz CT molecular complexity index is 665. The number of hydrogen-bond donors (Lipinski definition) is 1. The van der Waals surface area contributed by atoms with Crippen molar-refractivity contribution in [2.45, 2.75) is 26.2 Å². The first kappa shape index (κ1) is 17.8. The molecule has 0 atom stereocenters. The first-order valence-electron chi connectivity index (χ1n) is 8.31. The quantitative estimate of drug-likeness (QED) is 0.927. The predicted molar refractivity (Wildman–Crippen MR) is 98.6 cm³/mol. The summed E-state index contributed by atoms with van der Waals surface area (Å²) < 4.78 is 0. The zero-order valence-electron chi connectivity index (χ0n) is 13.7. The second-order valence-corrected chi connectivity index (χ2v) is 6.01. The van der Waals surface area contributed by atoms with Gasteiger partial charge in [0.1, 0.15) is 0 Å². The van der Waals surface area contributed by atoms with Gasteiger partial charge in [0.25, 0.3) is 5.91 Å². The second kappa shape index (κ2) is 8.32. The molecule has 3 nitrogen and oxygen atoms in total. The Morgan fingerprint density at radius 1 is 1.17 bits per heavy atom. The topological polar surface area (TPSA) is 32.3 Å². The molecule has 1 aliphatic rings. The minimum Gasteiger partial charge on any atom is -0.336 e. The number of amides is 1. The zero-order valence-corrected chi connectivity index (χ0v) is 14.5. The lowest BCUT2D eigenvalue weighted by atomic mass is 9.97. The molecule has 1 heterocycles. The van der Waals surface area contributed by atoms with Crippen LogP contribution in [0.5, 0.6) is 0 Å². The van der Waals surface area contributed by atoms with Gasteiger partial charge in [0, 0.05) is 31.7 Å². The Labute approximate surface area is 144 Å². The summed E-state index contributed by atoms with van der Waals surface area (Å²) in [6.45, 7) is 5.57. The zero-order chi connectivity index (χ0) is 15.4. The van der Waals surface area contributed by atoms with Crippen LogP contribution in [0.15, 0.2) is 36.4 Å². The van der Waals surface area contributed by atoms with Crippen LogP contribution < -0.4 is 5.32 Å². The smallest absolute Gasteiger partial charge is 0.254 e. The van der Waals surface area contributed by atoms with E-state index in [2.05, 4.69) is 36.5 Å². The van der Waals surface area contributed by atoms with Gasteiger partial charge in [-0.2, -0.15) is 0 Å². The Morgan fingerprint density at radius 2 is 1.91 bits per heavy atom. The van der Waals surface area contributed by atoms with Crippen LogP contribution in [0.4, 0.5) is 0 Å². The number of unbranched alkanes of at least 4 members (excludes halogenated alkanes) is 1. The van der Waals surface area contributed by atoms with Crippen molar-refractivity contribution in [1.82, 2.24) is 10.2 Å². The lowest BCUT2D eigenvalue weighted by Crippen LogP contribution is -2.46. The molecule has 0 spiro atoms. The summed E-state index contributed by atoms with van der Waals surface area (Å²) in [6, 6.07) is 12.6. The number of halogens is 1. The van der Waals surface area contributed by atoms with Gasteiger partial charge in [0.15, 0.2) is 0 Å². The van der Waals surface area contributed by atoms with E-state index in [9.17, 15) is 4.79 Å². The maximum Gasteiger partial charge on any atom is 0.254 e. The van der Waals surface area contributed by atoms with E-state index in [4.69, 9.17) is 0 Å². The number of rotatable bonds is 4. The third-order valence-corrected chi connectivity index (χ3v) is 4.38. The van der Waals surface area contributed by atoms with E-state index in [0.29, 0.717) is 0 Å². The minimum absolute atomic E-state index is 0. The lowest BCUT2D eigenvalue weighted by molar-refractivity contribution is 0.0737. The van der Waals surface area contributed by atoms with Gasteiger partial charge in [-0.25, -0.2) is 0 Å². The number of nitrogens with one attached hydrogen (secondary N) is 1. The second-order valence-electron chi connectivity index (χ2n) is 6.01. The van der Waals surface area contributed by atoms with E-state index in [1.807, 2.05) is 17.0 Å².